The second-order valence-corrected chi connectivity index (χ2v) is 10.1. The topological polar surface area (TPSA) is 58.1 Å². The van der Waals surface area contributed by atoms with Crippen LogP contribution < -0.4 is 5.32 Å². The summed E-state index contributed by atoms with van der Waals surface area (Å²) in [7, 11) is 0. The van der Waals surface area contributed by atoms with Gasteiger partial charge in [-0.1, -0.05) is 36.1 Å². The maximum absolute atomic E-state index is 12.8. The number of anilines is 1. The van der Waals surface area contributed by atoms with Crippen molar-refractivity contribution in [2.75, 3.05) is 18.4 Å². The monoisotopic (exact) mass is 410 g/mol. The van der Waals surface area contributed by atoms with E-state index in [9.17, 15) is 4.79 Å². The van der Waals surface area contributed by atoms with Gasteiger partial charge in [-0.3, -0.25) is 4.79 Å². The van der Waals surface area contributed by atoms with Crippen LogP contribution in [-0.4, -0.2) is 45.4 Å². The molecule has 8 heteroatoms. The Morgan fingerprint density at radius 2 is 2.35 bits per heavy atom. The number of likely N-dealkylation sites (tertiary alicyclic amines) is 1. The van der Waals surface area contributed by atoms with Gasteiger partial charge in [-0.15, -0.1) is 21.5 Å². The highest BCUT2D eigenvalue weighted by Crippen LogP contribution is 2.31. The number of thiophene rings is 1. The Labute approximate surface area is 167 Å². The summed E-state index contributed by atoms with van der Waals surface area (Å²) >= 11 is 4.83. The van der Waals surface area contributed by atoms with Gasteiger partial charge in [0, 0.05) is 24.0 Å². The van der Waals surface area contributed by atoms with Crippen molar-refractivity contribution in [2.45, 2.75) is 61.6 Å². The number of carbonyl (C=O) groups excluding carboxylic acids is 1. The highest BCUT2D eigenvalue weighted by molar-refractivity contribution is 8.02. The summed E-state index contributed by atoms with van der Waals surface area (Å²) in [6, 6.07) is 4.62. The van der Waals surface area contributed by atoms with Gasteiger partial charge < -0.3 is 10.2 Å². The molecule has 3 heterocycles. The lowest BCUT2D eigenvalue weighted by Gasteiger charge is -2.36. The molecule has 26 heavy (non-hydrogen) atoms. The zero-order chi connectivity index (χ0) is 18.4. The van der Waals surface area contributed by atoms with Gasteiger partial charge in [-0.05, 0) is 50.5 Å². The van der Waals surface area contributed by atoms with E-state index in [4.69, 9.17) is 0 Å². The first kappa shape index (κ1) is 19.6. The Morgan fingerprint density at radius 3 is 3.12 bits per heavy atom. The first-order valence-electron chi connectivity index (χ1n) is 9.24. The maximum Gasteiger partial charge on any atom is 0.236 e. The molecular formula is C18H26N4OS3. The minimum absolute atomic E-state index is 0.117. The number of hydrogen-bond acceptors (Lipinski definition) is 7. The van der Waals surface area contributed by atoms with Crippen LogP contribution in [0.2, 0.25) is 0 Å². The molecule has 3 rings (SSSR count). The third kappa shape index (κ3) is 5.20. The van der Waals surface area contributed by atoms with Gasteiger partial charge in [0.2, 0.25) is 11.0 Å². The normalized spacial score (nSPS) is 18.7. The Kier molecular flexibility index (Phi) is 7.33. The van der Waals surface area contributed by atoms with Gasteiger partial charge in [0.05, 0.1) is 5.25 Å². The molecule has 2 aromatic heterocycles. The molecule has 5 nitrogen and oxygen atoms in total. The second kappa shape index (κ2) is 9.71. The third-order valence-electron chi connectivity index (χ3n) is 4.64. The fraction of sp³-hybridized carbons (Fsp3) is 0.611. The van der Waals surface area contributed by atoms with Crippen molar-refractivity contribution in [3.8, 4) is 0 Å². The maximum atomic E-state index is 12.8. The Bertz CT molecular complexity index is 688. The number of nitrogens with one attached hydrogen (secondary N) is 1. The quantitative estimate of drug-likeness (QED) is 0.648. The van der Waals surface area contributed by atoms with Crippen LogP contribution in [-0.2, 0) is 11.2 Å². The van der Waals surface area contributed by atoms with Crippen LogP contribution in [0.4, 0.5) is 5.13 Å². The van der Waals surface area contributed by atoms with Gasteiger partial charge in [0.25, 0.3) is 0 Å². The van der Waals surface area contributed by atoms with Gasteiger partial charge in [0.15, 0.2) is 4.34 Å². The van der Waals surface area contributed by atoms with Crippen LogP contribution in [0.5, 0.6) is 0 Å². The third-order valence-corrected chi connectivity index (χ3v) is 7.63. The number of carbonyl (C=O) groups is 1. The summed E-state index contributed by atoms with van der Waals surface area (Å²) < 4.78 is 0.856. The predicted octanol–water partition coefficient (Wildman–Crippen LogP) is 4.53. The molecule has 1 amide bonds. The number of thioether (sulfide) groups is 1. The number of piperidine rings is 1. The van der Waals surface area contributed by atoms with Crippen molar-refractivity contribution < 1.29 is 4.79 Å². The van der Waals surface area contributed by atoms with E-state index in [1.807, 2.05) is 6.92 Å². The Hall–Kier alpha value is -1.12. The fourth-order valence-electron chi connectivity index (χ4n) is 3.23. The molecule has 0 aliphatic carbocycles. The molecule has 2 unspecified atom stereocenters. The zero-order valence-corrected chi connectivity index (χ0v) is 17.8. The van der Waals surface area contributed by atoms with Crippen molar-refractivity contribution in [1.82, 2.24) is 15.1 Å². The van der Waals surface area contributed by atoms with E-state index in [0.717, 1.165) is 48.2 Å². The van der Waals surface area contributed by atoms with Crippen molar-refractivity contribution in [3.63, 3.8) is 0 Å². The van der Waals surface area contributed by atoms with E-state index in [1.165, 1.54) is 34.4 Å². The fourth-order valence-corrected chi connectivity index (χ4v) is 5.93. The lowest BCUT2D eigenvalue weighted by molar-refractivity contribution is -0.134. The molecule has 2 atom stereocenters. The minimum atomic E-state index is -0.117. The Morgan fingerprint density at radius 1 is 1.46 bits per heavy atom. The molecule has 1 saturated heterocycles. The molecular weight excluding hydrogens is 384 g/mol. The first-order chi connectivity index (χ1) is 12.7. The average molecular weight is 411 g/mol. The van der Waals surface area contributed by atoms with E-state index < -0.39 is 0 Å². The van der Waals surface area contributed by atoms with Crippen molar-refractivity contribution in [3.05, 3.63) is 22.4 Å². The summed E-state index contributed by atoms with van der Waals surface area (Å²) in [4.78, 5) is 16.3. The highest BCUT2D eigenvalue weighted by Gasteiger charge is 2.29. The van der Waals surface area contributed by atoms with Crippen molar-refractivity contribution in [1.29, 1.82) is 0 Å². The summed E-state index contributed by atoms with van der Waals surface area (Å²) in [5.74, 6) is 0.240. The summed E-state index contributed by atoms with van der Waals surface area (Å²) in [5.41, 5.74) is 0. The smallest absolute Gasteiger partial charge is 0.236 e. The van der Waals surface area contributed by atoms with Gasteiger partial charge >= 0.3 is 0 Å². The molecule has 0 aromatic carbocycles. The van der Waals surface area contributed by atoms with E-state index in [-0.39, 0.29) is 11.2 Å². The lowest BCUT2D eigenvalue weighted by Crippen LogP contribution is -2.46. The van der Waals surface area contributed by atoms with Crippen molar-refractivity contribution >= 4 is 45.5 Å². The molecule has 1 aliphatic rings. The molecule has 1 fully saturated rings. The van der Waals surface area contributed by atoms with Crippen LogP contribution in [0.3, 0.4) is 0 Å². The SMILES string of the molecule is CCC1CCCCN1C(=O)C(C)Sc1nnc(NCCc2cccs2)s1. The van der Waals surface area contributed by atoms with Crippen LogP contribution >= 0.6 is 34.4 Å². The number of aromatic nitrogens is 2. The molecule has 0 saturated carbocycles. The number of amides is 1. The van der Waals surface area contributed by atoms with E-state index in [2.05, 4.69) is 44.9 Å². The number of rotatable bonds is 8. The number of hydrogen-bond donors (Lipinski definition) is 1. The van der Waals surface area contributed by atoms with E-state index in [1.54, 1.807) is 11.3 Å². The summed E-state index contributed by atoms with van der Waals surface area (Å²) in [5, 5.41) is 14.6. The van der Waals surface area contributed by atoms with Gasteiger partial charge in [-0.2, -0.15) is 0 Å². The largest absolute Gasteiger partial charge is 0.360 e. The Balaban J connectivity index is 1.48. The van der Waals surface area contributed by atoms with E-state index in [0.29, 0.717) is 6.04 Å². The zero-order valence-electron chi connectivity index (χ0n) is 15.3. The standard InChI is InChI=1S/C18H26N4OS3/c1-3-14-7-4-5-11-22(14)16(23)13(2)25-18-21-20-17(26-18)19-10-9-15-8-6-12-24-15/h6,8,12-14H,3-5,7,9-11H2,1-2H3,(H,19,20). The second-order valence-electron chi connectivity index (χ2n) is 6.48. The molecule has 0 spiro atoms. The molecule has 2 aromatic rings. The highest BCUT2D eigenvalue weighted by atomic mass is 32.2. The predicted molar refractivity (Wildman–Crippen MR) is 111 cm³/mol. The minimum Gasteiger partial charge on any atom is -0.360 e. The average Bonchev–Trinajstić information content (AvgIpc) is 3.33. The lowest BCUT2D eigenvalue weighted by atomic mass is 10.00. The van der Waals surface area contributed by atoms with Crippen molar-refractivity contribution in [2.24, 2.45) is 0 Å². The molecule has 1 aliphatic heterocycles. The number of nitrogens with zero attached hydrogens (tertiary/aromatic N) is 3. The summed E-state index contributed by atoms with van der Waals surface area (Å²) in [6.45, 7) is 5.90. The van der Waals surface area contributed by atoms with Crippen LogP contribution in [0, 0.1) is 0 Å². The van der Waals surface area contributed by atoms with Crippen LogP contribution in [0.1, 0.15) is 44.4 Å². The van der Waals surface area contributed by atoms with Crippen LogP contribution in [0.25, 0.3) is 0 Å². The molecule has 142 valence electrons. The van der Waals surface area contributed by atoms with Crippen LogP contribution in [0.15, 0.2) is 21.9 Å². The molecule has 0 bridgehead atoms. The molecule has 0 radical (unpaired) electrons. The summed E-state index contributed by atoms with van der Waals surface area (Å²) in [6.07, 6.45) is 5.52. The van der Waals surface area contributed by atoms with Gasteiger partial charge in [-0.25, -0.2) is 0 Å². The van der Waals surface area contributed by atoms with Gasteiger partial charge in [0.1, 0.15) is 0 Å². The van der Waals surface area contributed by atoms with E-state index >= 15 is 0 Å². The first-order valence-corrected chi connectivity index (χ1v) is 11.8. The molecule has 1 N–H and O–H groups in total.